The van der Waals surface area contributed by atoms with Gasteiger partial charge in [-0.1, -0.05) is 32.4 Å². The number of carbonyl (C=O) groups is 2. The second-order valence-corrected chi connectivity index (χ2v) is 9.17. The molecule has 0 aliphatic heterocycles. The number of unbranched alkanes of at least 4 members (excludes halogenated alkanes) is 1. The minimum absolute atomic E-state index is 0.367. The number of nitrogens with zero attached hydrogens (tertiary/aromatic N) is 1. The lowest BCUT2D eigenvalue weighted by Gasteiger charge is -2.28. The van der Waals surface area contributed by atoms with Gasteiger partial charge < -0.3 is 10.1 Å². The lowest BCUT2D eigenvalue weighted by Crippen LogP contribution is -2.45. The van der Waals surface area contributed by atoms with Crippen LogP contribution in [0.5, 0.6) is 0 Å². The Labute approximate surface area is 184 Å². The quantitative estimate of drug-likeness (QED) is 0.440. The Morgan fingerprint density at radius 3 is 2.16 bits per heavy atom. The normalized spacial score (nSPS) is 12.1. The van der Waals surface area contributed by atoms with Crippen LogP contribution in [-0.4, -0.2) is 39.2 Å². The predicted octanol–water partition coefficient (Wildman–Crippen LogP) is 4.00. The highest BCUT2D eigenvalue weighted by Gasteiger charge is 2.29. The van der Waals surface area contributed by atoms with E-state index in [4.69, 9.17) is 4.74 Å². The number of sulfonamides is 1. The maximum absolute atomic E-state index is 12.8. The zero-order valence-electron chi connectivity index (χ0n) is 18.4. The molecule has 0 heterocycles. The van der Waals surface area contributed by atoms with Gasteiger partial charge in [0.1, 0.15) is 6.04 Å². The summed E-state index contributed by atoms with van der Waals surface area (Å²) in [5.41, 5.74) is 2.34. The molecule has 0 bridgehead atoms. The van der Waals surface area contributed by atoms with Crippen LogP contribution in [0.1, 0.15) is 49.5 Å². The first-order valence-electron chi connectivity index (χ1n) is 10.3. The summed E-state index contributed by atoms with van der Waals surface area (Å²) in [7, 11) is -3.69. The van der Waals surface area contributed by atoms with Crippen molar-refractivity contribution < 1.29 is 22.7 Å². The molecule has 0 aliphatic rings. The second-order valence-electron chi connectivity index (χ2n) is 7.31. The van der Waals surface area contributed by atoms with Crippen molar-refractivity contribution in [1.29, 1.82) is 0 Å². The molecule has 1 N–H and O–H groups in total. The number of anilines is 2. The molecule has 0 saturated heterocycles. The predicted molar refractivity (Wildman–Crippen MR) is 123 cm³/mol. The highest BCUT2D eigenvalue weighted by molar-refractivity contribution is 7.92. The van der Waals surface area contributed by atoms with Gasteiger partial charge in [-0.2, -0.15) is 0 Å². The smallest absolute Gasteiger partial charge is 0.338 e. The van der Waals surface area contributed by atoms with Crippen LogP contribution in [0.2, 0.25) is 0 Å². The number of aryl methyl sites for hydroxylation is 1. The van der Waals surface area contributed by atoms with E-state index in [1.807, 2.05) is 26.0 Å². The molecular formula is C23H30N2O5S. The van der Waals surface area contributed by atoms with Crippen molar-refractivity contribution in [2.75, 3.05) is 22.5 Å². The third kappa shape index (κ3) is 6.82. The molecule has 1 unspecified atom stereocenters. The minimum atomic E-state index is -3.69. The van der Waals surface area contributed by atoms with Crippen molar-refractivity contribution in [1.82, 2.24) is 0 Å². The SMILES string of the molecule is CCCCOC(=O)c1ccc(NC(=O)C(C)N(c2ccc(CC)cc2)S(C)(=O)=O)cc1. The van der Waals surface area contributed by atoms with Crippen LogP contribution in [0.15, 0.2) is 48.5 Å². The van der Waals surface area contributed by atoms with E-state index in [0.29, 0.717) is 23.5 Å². The molecule has 7 nitrogen and oxygen atoms in total. The Kier molecular flexibility index (Phi) is 8.62. The van der Waals surface area contributed by atoms with E-state index in [2.05, 4.69) is 5.32 Å². The second kappa shape index (κ2) is 10.9. The summed E-state index contributed by atoms with van der Waals surface area (Å²) >= 11 is 0. The summed E-state index contributed by atoms with van der Waals surface area (Å²) in [5.74, 6) is -0.901. The van der Waals surface area contributed by atoms with Crippen LogP contribution in [-0.2, 0) is 26.0 Å². The highest BCUT2D eigenvalue weighted by atomic mass is 32.2. The van der Waals surface area contributed by atoms with Gasteiger partial charge in [-0.3, -0.25) is 9.10 Å². The van der Waals surface area contributed by atoms with Gasteiger partial charge in [-0.25, -0.2) is 13.2 Å². The summed E-state index contributed by atoms with van der Waals surface area (Å²) in [6.45, 7) is 5.92. The van der Waals surface area contributed by atoms with Gasteiger partial charge in [0, 0.05) is 5.69 Å². The number of rotatable bonds is 10. The van der Waals surface area contributed by atoms with E-state index in [1.165, 1.54) is 6.92 Å². The van der Waals surface area contributed by atoms with Crippen LogP contribution in [0.3, 0.4) is 0 Å². The Balaban J connectivity index is 2.12. The van der Waals surface area contributed by atoms with Gasteiger partial charge in [0.05, 0.1) is 24.1 Å². The number of nitrogens with one attached hydrogen (secondary N) is 1. The first kappa shape index (κ1) is 24.4. The molecule has 1 atom stereocenters. The van der Waals surface area contributed by atoms with Crippen molar-refractivity contribution in [3.05, 3.63) is 59.7 Å². The van der Waals surface area contributed by atoms with Crippen LogP contribution >= 0.6 is 0 Å². The molecular weight excluding hydrogens is 416 g/mol. The van der Waals surface area contributed by atoms with Gasteiger partial charge in [0.2, 0.25) is 15.9 Å². The Morgan fingerprint density at radius 1 is 1.03 bits per heavy atom. The molecule has 0 aromatic heterocycles. The number of hydrogen-bond donors (Lipinski definition) is 1. The molecule has 1 amide bonds. The van der Waals surface area contributed by atoms with Crippen LogP contribution in [0.25, 0.3) is 0 Å². The number of esters is 1. The number of benzene rings is 2. The van der Waals surface area contributed by atoms with Crippen LogP contribution in [0.4, 0.5) is 11.4 Å². The minimum Gasteiger partial charge on any atom is -0.462 e. The number of ether oxygens (including phenoxy) is 1. The van der Waals surface area contributed by atoms with E-state index in [0.717, 1.165) is 35.4 Å². The molecule has 0 aliphatic carbocycles. The summed E-state index contributed by atoms with van der Waals surface area (Å²) in [6.07, 6.45) is 3.64. The third-order valence-corrected chi connectivity index (χ3v) is 6.05. The largest absolute Gasteiger partial charge is 0.462 e. The molecule has 2 rings (SSSR count). The fraction of sp³-hybridized carbons (Fsp3) is 0.391. The average molecular weight is 447 g/mol. The van der Waals surface area contributed by atoms with Crippen LogP contribution in [0, 0.1) is 0 Å². The van der Waals surface area contributed by atoms with E-state index in [-0.39, 0.29) is 0 Å². The maximum atomic E-state index is 12.8. The first-order chi connectivity index (χ1) is 14.7. The van der Waals surface area contributed by atoms with Crippen molar-refractivity contribution >= 4 is 33.3 Å². The molecule has 0 fully saturated rings. The standard InChI is InChI=1S/C23H30N2O5S/c1-5-7-16-30-23(27)19-10-12-20(13-11-19)24-22(26)17(3)25(31(4,28)29)21-14-8-18(6-2)9-15-21/h8-15,17H,5-7,16H2,1-4H3,(H,24,26). The summed E-state index contributed by atoms with van der Waals surface area (Å²) in [4.78, 5) is 24.8. The topological polar surface area (TPSA) is 92.8 Å². The number of carbonyl (C=O) groups excluding carboxylic acids is 2. The molecule has 31 heavy (non-hydrogen) atoms. The van der Waals surface area contributed by atoms with Crippen molar-refractivity contribution in [3.63, 3.8) is 0 Å². The summed E-state index contributed by atoms with van der Waals surface area (Å²) in [5, 5.41) is 2.71. The Morgan fingerprint density at radius 2 is 1.65 bits per heavy atom. The van der Waals surface area contributed by atoms with Gasteiger partial charge in [-0.15, -0.1) is 0 Å². The zero-order chi connectivity index (χ0) is 23.0. The lowest BCUT2D eigenvalue weighted by atomic mass is 10.1. The molecule has 2 aromatic rings. The van der Waals surface area contributed by atoms with E-state index in [9.17, 15) is 18.0 Å². The zero-order valence-corrected chi connectivity index (χ0v) is 19.2. The van der Waals surface area contributed by atoms with E-state index in [1.54, 1.807) is 36.4 Å². The first-order valence-corrected chi connectivity index (χ1v) is 12.2. The summed E-state index contributed by atoms with van der Waals surface area (Å²) < 4.78 is 31.1. The van der Waals surface area contributed by atoms with Gasteiger partial charge in [0.15, 0.2) is 0 Å². The highest BCUT2D eigenvalue weighted by Crippen LogP contribution is 2.22. The number of hydrogen-bond acceptors (Lipinski definition) is 5. The van der Waals surface area contributed by atoms with Crippen molar-refractivity contribution in [3.8, 4) is 0 Å². The van der Waals surface area contributed by atoms with Crippen LogP contribution < -0.4 is 9.62 Å². The van der Waals surface area contributed by atoms with E-state index >= 15 is 0 Å². The lowest BCUT2D eigenvalue weighted by molar-refractivity contribution is -0.116. The Bertz CT molecular complexity index is 986. The third-order valence-electron chi connectivity index (χ3n) is 4.81. The molecule has 0 spiro atoms. The van der Waals surface area contributed by atoms with Gasteiger partial charge >= 0.3 is 5.97 Å². The fourth-order valence-electron chi connectivity index (χ4n) is 3.02. The van der Waals surface area contributed by atoms with Gasteiger partial charge in [0.25, 0.3) is 0 Å². The number of amides is 1. The fourth-order valence-corrected chi connectivity index (χ4v) is 4.19. The van der Waals surface area contributed by atoms with Crippen molar-refractivity contribution in [2.45, 2.75) is 46.1 Å². The molecule has 8 heteroatoms. The monoisotopic (exact) mass is 446 g/mol. The van der Waals surface area contributed by atoms with Gasteiger partial charge in [-0.05, 0) is 61.7 Å². The maximum Gasteiger partial charge on any atom is 0.338 e. The average Bonchev–Trinajstić information content (AvgIpc) is 2.74. The Hall–Kier alpha value is -2.87. The molecule has 0 saturated carbocycles. The summed E-state index contributed by atoms with van der Waals surface area (Å²) in [6, 6.07) is 12.4. The molecule has 2 aromatic carbocycles. The van der Waals surface area contributed by atoms with Crippen molar-refractivity contribution in [2.24, 2.45) is 0 Å². The van der Waals surface area contributed by atoms with E-state index < -0.39 is 27.9 Å². The molecule has 168 valence electrons. The molecule has 0 radical (unpaired) electrons.